The number of thioether (sulfide) groups is 3. The van der Waals surface area contributed by atoms with Gasteiger partial charge in [-0.3, -0.25) is 0 Å². The van der Waals surface area contributed by atoms with Crippen molar-refractivity contribution >= 4 is 46.0 Å². The highest BCUT2D eigenvalue weighted by Crippen LogP contribution is 2.41. The molecule has 1 atom stereocenters. The van der Waals surface area contributed by atoms with Gasteiger partial charge in [-0.15, -0.1) is 23.5 Å². The fourth-order valence-corrected chi connectivity index (χ4v) is 6.53. The summed E-state index contributed by atoms with van der Waals surface area (Å²) in [5, 5.41) is 0.458. The van der Waals surface area contributed by atoms with Gasteiger partial charge >= 0.3 is 0 Å². The number of nitrogens with zero attached hydrogens (tertiary/aromatic N) is 1. The van der Waals surface area contributed by atoms with Crippen molar-refractivity contribution in [1.29, 1.82) is 0 Å². The number of alkyl halides is 1. The van der Waals surface area contributed by atoms with Crippen molar-refractivity contribution in [3.05, 3.63) is 121 Å². The molecule has 4 aromatic rings. The van der Waals surface area contributed by atoms with E-state index in [4.69, 9.17) is 4.99 Å². The molecule has 0 amide bonds. The van der Waals surface area contributed by atoms with Gasteiger partial charge in [0.2, 0.25) is 0 Å². The third-order valence-corrected chi connectivity index (χ3v) is 8.07. The highest BCUT2D eigenvalue weighted by molar-refractivity contribution is 8.18. The maximum Gasteiger partial charge on any atom is 0.170 e. The van der Waals surface area contributed by atoms with E-state index in [0.29, 0.717) is 5.04 Å². The zero-order chi connectivity index (χ0) is 22.0. The first-order valence-corrected chi connectivity index (χ1v) is 12.8. The third-order valence-electron chi connectivity index (χ3n) is 4.43. The van der Waals surface area contributed by atoms with Gasteiger partial charge in [-0.2, -0.15) is 0 Å². The number of hydrogen-bond donors (Lipinski definition) is 0. The molecule has 0 saturated carbocycles. The minimum Gasteiger partial charge on any atom is -0.243 e. The summed E-state index contributed by atoms with van der Waals surface area (Å²) in [7, 11) is 0. The molecule has 0 N–H and O–H groups in total. The summed E-state index contributed by atoms with van der Waals surface area (Å²) >= 11 is 4.46. The van der Waals surface area contributed by atoms with Gasteiger partial charge in [0.1, 0.15) is 5.04 Å². The van der Waals surface area contributed by atoms with E-state index in [1.165, 1.54) is 35.3 Å². The maximum absolute atomic E-state index is 16.3. The minimum atomic E-state index is -1.27. The van der Waals surface area contributed by atoms with Gasteiger partial charge in [0.05, 0.1) is 10.3 Å². The second-order valence-corrected chi connectivity index (χ2v) is 10.7. The standard InChI is InChI=1S/C27H22FNS3/c28-25(26(29-21-13-5-1-6-14-21)30-22-15-7-2-8-16-22)27(31-23-17-9-3-10-18-23)32-24-19-11-4-12-20-24/h1-20,25,27H. The molecule has 0 saturated heterocycles. The Morgan fingerprint density at radius 3 is 1.44 bits per heavy atom. The predicted molar refractivity (Wildman–Crippen MR) is 139 cm³/mol. The molecule has 0 heterocycles. The topological polar surface area (TPSA) is 12.4 Å². The van der Waals surface area contributed by atoms with Crippen LogP contribution in [0.2, 0.25) is 0 Å². The SMILES string of the molecule is FC(C(=Nc1ccccc1)Sc1ccccc1)C(Sc1ccccc1)Sc1ccccc1. The van der Waals surface area contributed by atoms with Crippen LogP contribution in [0.4, 0.5) is 10.1 Å². The Morgan fingerprint density at radius 1 is 0.562 bits per heavy atom. The summed E-state index contributed by atoms with van der Waals surface area (Å²) in [6, 6.07) is 39.4. The summed E-state index contributed by atoms with van der Waals surface area (Å²) in [5.41, 5.74) is 0.752. The van der Waals surface area contributed by atoms with Crippen LogP contribution in [-0.2, 0) is 0 Å². The number of rotatable bonds is 8. The molecule has 1 unspecified atom stereocenters. The van der Waals surface area contributed by atoms with Crippen molar-refractivity contribution < 1.29 is 4.39 Å². The second kappa shape index (κ2) is 12.0. The molecule has 0 spiro atoms. The van der Waals surface area contributed by atoms with Crippen LogP contribution in [-0.4, -0.2) is 15.8 Å². The molecule has 1 nitrogen and oxygen atoms in total. The van der Waals surface area contributed by atoms with E-state index in [2.05, 4.69) is 0 Å². The minimum absolute atomic E-state index is 0.390. The Morgan fingerprint density at radius 2 is 0.969 bits per heavy atom. The number of halogens is 1. The molecule has 4 rings (SSSR count). The van der Waals surface area contributed by atoms with E-state index in [9.17, 15) is 0 Å². The van der Waals surface area contributed by atoms with Crippen LogP contribution >= 0.6 is 35.3 Å². The van der Waals surface area contributed by atoms with Crippen molar-refractivity contribution in [2.45, 2.75) is 25.4 Å². The summed E-state index contributed by atoms with van der Waals surface area (Å²) < 4.78 is 15.9. The Balaban J connectivity index is 1.67. The number of aliphatic imine (C=N–C) groups is 1. The fourth-order valence-electron chi connectivity index (χ4n) is 2.91. The molecule has 0 aliphatic carbocycles. The number of benzene rings is 4. The number of hydrogen-bond acceptors (Lipinski definition) is 4. The average molecular weight is 476 g/mol. The quantitative estimate of drug-likeness (QED) is 0.109. The normalized spacial score (nSPS) is 12.6. The van der Waals surface area contributed by atoms with Gasteiger partial charge in [0, 0.05) is 14.7 Å². The maximum atomic E-state index is 16.3. The van der Waals surface area contributed by atoms with Gasteiger partial charge in [-0.25, -0.2) is 9.38 Å². The number of para-hydroxylation sites is 1. The van der Waals surface area contributed by atoms with Gasteiger partial charge in [-0.05, 0) is 48.5 Å². The summed E-state index contributed by atoms with van der Waals surface area (Å²) in [4.78, 5) is 7.78. The molecule has 32 heavy (non-hydrogen) atoms. The smallest absolute Gasteiger partial charge is 0.170 e. The molecular weight excluding hydrogens is 454 g/mol. The zero-order valence-corrected chi connectivity index (χ0v) is 19.7. The largest absolute Gasteiger partial charge is 0.243 e. The fraction of sp³-hybridized carbons (Fsp3) is 0.0741. The molecule has 0 radical (unpaired) electrons. The van der Waals surface area contributed by atoms with Crippen molar-refractivity contribution in [2.75, 3.05) is 0 Å². The van der Waals surface area contributed by atoms with E-state index in [1.54, 1.807) is 0 Å². The van der Waals surface area contributed by atoms with Gasteiger partial charge in [0.25, 0.3) is 0 Å². The molecule has 0 aliphatic heterocycles. The first-order chi connectivity index (χ1) is 15.8. The van der Waals surface area contributed by atoms with Crippen LogP contribution in [0.15, 0.2) is 141 Å². The average Bonchev–Trinajstić information content (AvgIpc) is 2.85. The first-order valence-electron chi connectivity index (χ1n) is 10.2. The lowest BCUT2D eigenvalue weighted by Gasteiger charge is -2.22. The van der Waals surface area contributed by atoms with E-state index in [-0.39, 0.29) is 0 Å². The molecule has 0 aliphatic rings. The van der Waals surface area contributed by atoms with Crippen LogP contribution in [0.3, 0.4) is 0 Å². The van der Waals surface area contributed by atoms with Gasteiger partial charge in [-0.1, -0.05) is 84.6 Å². The summed E-state index contributed by atoms with van der Waals surface area (Å²) in [5.74, 6) is 0. The van der Waals surface area contributed by atoms with E-state index >= 15 is 4.39 Å². The Hall–Kier alpha value is -2.47. The Bertz CT molecular complexity index is 1070. The van der Waals surface area contributed by atoms with E-state index < -0.39 is 10.8 Å². The third kappa shape index (κ3) is 6.76. The molecule has 0 aromatic heterocycles. The monoisotopic (exact) mass is 475 g/mol. The van der Waals surface area contributed by atoms with Gasteiger partial charge < -0.3 is 0 Å². The molecule has 0 fully saturated rings. The Labute approximate surface area is 201 Å². The molecular formula is C27H22FNS3. The Kier molecular flexibility index (Phi) is 8.49. The molecule has 4 aromatic carbocycles. The lowest BCUT2D eigenvalue weighted by molar-refractivity contribution is 0.454. The highest BCUT2D eigenvalue weighted by atomic mass is 32.2. The summed E-state index contributed by atoms with van der Waals surface area (Å²) in [6.07, 6.45) is -1.27. The molecule has 160 valence electrons. The van der Waals surface area contributed by atoms with E-state index in [0.717, 1.165) is 20.4 Å². The highest BCUT2D eigenvalue weighted by Gasteiger charge is 2.29. The van der Waals surface area contributed by atoms with Crippen molar-refractivity contribution in [2.24, 2.45) is 4.99 Å². The van der Waals surface area contributed by atoms with Crippen LogP contribution in [0, 0.1) is 0 Å². The molecule has 0 bridgehead atoms. The van der Waals surface area contributed by atoms with Crippen LogP contribution in [0.25, 0.3) is 0 Å². The second-order valence-electron chi connectivity index (χ2n) is 6.83. The zero-order valence-electron chi connectivity index (χ0n) is 17.3. The first kappa shape index (κ1) is 22.7. The van der Waals surface area contributed by atoms with E-state index in [1.807, 2.05) is 121 Å². The lowest BCUT2D eigenvalue weighted by atomic mass is 10.3. The van der Waals surface area contributed by atoms with Gasteiger partial charge in [0.15, 0.2) is 6.17 Å². The molecule has 5 heteroatoms. The summed E-state index contributed by atoms with van der Waals surface area (Å²) in [6.45, 7) is 0. The van der Waals surface area contributed by atoms with Crippen molar-refractivity contribution in [1.82, 2.24) is 0 Å². The van der Waals surface area contributed by atoms with Crippen LogP contribution < -0.4 is 0 Å². The van der Waals surface area contributed by atoms with Crippen LogP contribution in [0.1, 0.15) is 0 Å². The predicted octanol–water partition coefficient (Wildman–Crippen LogP) is 8.76. The van der Waals surface area contributed by atoms with Crippen LogP contribution in [0.5, 0.6) is 0 Å². The van der Waals surface area contributed by atoms with Crippen molar-refractivity contribution in [3.63, 3.8) is 0 Å². The lowest BCUT2D eigenvalue weighted by Crippen LogP contribution is -2.23. The van der Waals surface area contributed by atoms with Crippen molar-refractivity contribution in [3.8, 4) is 0 Å².